The van der Waals surface area contributed by atoms with Crippen molar-refractivity contribution in [3.63, 3.8) is 0 Å². The second-order valence-corrected chi connectivity index (χ2v) is 3.18. The Hall–Kier alpha value is -1.30. The smallest absolute Gasteiger partial charge is 0.368 e. The molecule has 0 rings (SSSR count). The van der Waals surface area contributed by atoms with Crippen LogP contribution < -0.4 is 5.11 Å². The summed E-state index contributed by atoms with van der Waals surface area (Å²) < 4.78 is -0.183. The van der Waals surface area contributed by atoms with Crippen LogP contribution in [0.15, 0.2) is 0 Å². The molecule has 10 heteroatoms. The highest BCUT2D eigenvalue weighted by atomic mass is 16.4. The number of likely N-dealkylation sites (N-methyl/N-ethyl adjacent to an activating group) is 1. The molecule has 0 aliphatic heterocycles. The van der Waals surface area contributed by atoms with E-state index in [1.165, 1.54) is 21.1 Å². The van der Waals surface area contributed by atoms with E-state index in [9.17, 15) is 14.7 Å². The van der Waals surface area contributed by atoms with Crippen LogP contribution in [0.2, 0.25) is 0 Å². The fourth-order valence-electron chi connectivity index (χ4n) is 0.748. The van der Waals surface area contributed by atoms with Gasteiger partial charge in [0.15, 0.2) is 0 Å². The summed E-state index contributed by atoms with van der Waals surface area (Å²) in [6.45, 7) is 0. The zero-order chi connectivity index (χ0) is 9.23. The summed E-state index contributed by atoms with van der Waals surface area (Å²) in [6, 6.07) is -1.50. The molecule has 0 aliphatic carbocycles. The van der Waals surface area contributed by atoms with Gasteiger partial charge < -0.3 is 46.9 Å². The number of hydrogen-bond donors (Lipinski definition) is 1. The van der Waals surface area contributed by atoms with Crippen molar-refractivity contribution in [3.8, 4) is 0 Å². The molecule has 0 amide bonds. The van der Waals surface area contributed by atoms with Crippen LogP contribution in [0.25, 0.3) is 0 Å². The van der Waals surface area contributed by atoms with Crippen LogP contribution in [0.3, 0.4) is 0 Å². The van der Waals surface area contributed by atoms with Gasteiger partial charge in [-0.2, -0.15) is 0 Å². The van der Waals surface area contributed by atoms with Crippen LogP contribution in [0.4, 0.5) is 0 Å². The third-order valence-electron chi connectivity index (χ3n) is 1.23. The Balaban J connectivity index is -0.0000000500. The third-order valence-corrected chi connectivity index (χ3v) is 1.23. The molecule has 1 unspecified atom stereocenters. The molecule has 0 aromatic heterocycles. The Kier molecular flexibility index (Phi) is 26.8. The van der Waals surface area contributed by atoms with Crippen molar-refractivity contribution in [1.29, 1.82) is 0 Å². The van der Waals surface area contributed by atoms with E-state index >= 15 is 0 Å². The minimum Gasteiger partial charge on any atom is -0.543 e. The minimum atomic E-state index is -1.56. The number of carbonyl (C=O) groups excluding carboxylic acids is 1. The number of carbonyl (C=O) groups is 2. The molecule has 0 radical (unpaired) electrons. The summed E-state index contributed by atoms with van der Waals surface area (Å²) in [5.41, 5.74) is 0. The maximum absolute atomic E-state index is 10.4. The van der Waals surface area contributed by atoms with Gasteiger partial charge >= 0.3 is 5.97 Å². The van der Waals surface area contributed by atoms with E-state index in [0.717, 1.165) is 0 Å². The largest absolute Gasteiger partial charge is 0.543 e. The second-order valence-electron chi connectivity index (χ2n) is 3.18. The van der Waals surface area contributed by atoms with Crippen LogP contribution in [0.1, 0.15) is 0 Å². The molecule has 0 bridgehead atoms. The van der Waals surface area contributed by atoms with E-state index in [0.29, 0.717) is 0 Å². The lowest BCUT2D eigenvalue weighted by molar-refractivity contribution is -0.880. The number of quaternary nitrogens is 1. The van der Waals surface area contributed by atoms with Gasteiger partial charge in [-0.15, -0.1) is 0 Å². The highest BCUT2D eigenvalue weighted by Gasteiger charge is 2.32. The van der Waals surface area contributed by atoms with E-state index in [1.54, 1.807) is 0 Å². The average Bonchev–Trinajstić information content (AvgIpc) is 1.54. The molecule has 0 aromatic carbocycles. The maximum atomic E-state index is 10.4. The average molecular weight is 251 g/mol. The third kappa shape index (κ3) is 10.8. The summed E-state index contributed by atoms with van der Waals surface area (Å²) in [4.78, 5) is 20.6. The molecular formula is C6H21NO9. The summed E-state index contributed by atoms with van der Waals surface area (Å²) in [7, 11) is 4.44. The number of carboxylic acids is 2. The Morgan fingerprint density at radius 3 is 1.25 bits per heavy atom. The molecule has 10 nitrogen and oxygen atoms in total. The van der Waals surface area contributed by atoms with Crippen LogP contribution in [0, 0.1) is 0 Å². The SMILES string of the molecule is C[N+](C)(C)C(C(=O)[O-])C(=O)O.O.O.O.O.O. The molecule has 0 spiro atoms. The summed E-state index contributed by atoms with van der Waals surface area (Å²) in [5, 5.41) is 18.7. The van der Waals surface area contributed by atoms with Crippen LogP contribution in [-0.2, 0) is 9.59 Å². The molecule has 11 N–H and O–H groups in total. The summed E-state index contributed by atoms with van der Waals surface area (Å²) >= 11 is 0. The number of rotatable bonds is 3. The molecule has 0 fully saturated rings. The Labute approximate surface area is 91.8 Å². The predicted molar refractivity (Wildman–Crippen MR) is 52.5 cm³/mol. The van der Waals surface area contributed by atoms with Gasteiger partial charge in [-0.3, -0.25) is 0 Å². The molecule has 0 saturated carbocycles. The van der Waals surface area contributed by atoms with Crippen molar-refractivity contribution in [1.82, 2.24) is 0 Å². The van der Waals surface area contributed by atoms with Crippen LogP contribution >= 0.6 is 0 Å². The monoisotopic (exact) mass is 251 g/mol. The molecule has 0 saturated heterocycles. The molecule has 0 heterocycles. The quantitative estimate of drug-likeness (QED) is 0.380. The number of carboxylic acid groups (broad SMARTS) is 2. The van der Waals surface area contributed by atoms with Gasteiger partial charge in [-0.05, 0) is 0 Å². The summed E-state index contributed by atoms with van der Waals surface area (Å²) in [6.07, 6.45) is 0. The van der Waals surface area contributed by atoms with Crippen molar-refractivity contribution in [3.05, 3.63) is 0 Å². The van der Waals surface area contributed by atoms with Crippen molar-refractivity contribution >= 4 is 11.9 Å². The van der Waals surface area contributed by atoms with Crippen molar-refractivity contribution in [2.45, 2.75) is 6.04 Å². The van der Waals surface area contributed by atoms with E-state index in [2.05, 4.69) is 0 Å². The standard InChI is InChI=1S/C6H11NO4.5H2O/c1-7(2,3)4(5(8)9)6(10)11;;;;;/h4H,1-3H3,(H-,8,9,10,11);5*1H2. The maximum Gasteiger partial charge on any atom is 0.368 e. The fourth-order valence-corrected chi connectivity index (χ4v) is 0.748. The van der Waals surface area contributed by atoms with E-state index in [1.807, 2.05) is 0 Å². The number of aliphatic carboxylic acids is 2. The number of nitrogens with zero attached hydrogens (tertiary/aromatic N) is 1. The first kappa shape index (κ1) is 36.5. The Bertz CT molecular complexity index is 173. The first-order chi connectivity index (χ1) is 4.76. The first-order valence-corrected chi connectivity index (χ1v) is 3.01. The van der Waals surface area contributed by atoms with E-state index in [-0.39, 0.29) is 31.9 Å². The van der Waals surface area contributed by atoms with E-state index < -0.39 is 18.0 Å². The first-order valence-electron chi connectivity index (χ1n) is 3.01. The lowest BCUT2D eigenvalue weighted by Crippen LogP contribution is -2.58. The van der Waals surface area contributed by atoms with Crippen molar-refractivity contribution in [2.75, 3.05) is 21.1 Å². The van der Waals surface area contributed by atoms with Gasteiger partial charge in [0.1, 0.15) is 5.97 Å². The zero-order valence-electron chi connectivity index (χ0n) is 9.20. The highest BCUT2D eigenvalue weighted by molar-refractivity contribution is 5.94. The normalized spacial score (nSPS) is 9.69. The van der Waals surface area contributed by atoms with Gasteiger partial charge in [-0.1, -0.05) is 0 Å². The highest BCUT2D eigenvalue weighted by Crippen LogP contribution is 2.01. The van der Waals surface area contributed by atoms with Gasteiger partial charge in [0, 0.05) is 0 Å². The summed E-state index contributed by atoms with van der Waals surface area (Å²) in [5.74, 6) is -2.94. The fraction of sp³-hybridized carbons (Fsp3) is 0.667. The van der Waals surface area contributed by atoms with Gasteiger partial charge in [0.25, 0.3) is 0 Å². The predicted octanol–water partition coefficient (Wildman–Crippen LogP) is -6.23. The number of hydrogen-bond acceptors (Lipinski definition) is 3. The lowest BCUT2D eigenvalue weighted by Gasteiger charge is -2.31. The van der Waals surface area contributed by atoms with Crippen LogP contribution in [0.5, 0.6) is 0 Å². The topological polar surface area (TPSA) is 235 Å². The molecule has 1 atom stereocenters. The van der Waals surface area contributed by atoms with E-state index in [4.69, 9.17) is 5.11 Å². The molecule has 16 heavy (non-hydrogen) atoms. The van der Waals surface area contributed by atoms with Gasteiger partial charge in [-0.25, -0.2) is 4.79 Å². The lowest BCUT2D eigenvalue weighted by atomic mass is 10.2. The minimum absolute atomic E-state index is 0. The van der Waals surface area contributed by atoms with Crippen molar-refractivity contribution < 1.29 is 51.7 Å². The van der Waals surface area contributed by atoms with Gasteiger partial charge in [0.05, 0.1) is 21.1 Å². The Morgan fingerprint density at radius 2 is 1.25 bits per heavy atom. The van der Waals surface area contributed by atoms with Crippen molar-refractivity contribution in [2.24, 2.45) is 0 Å². The zero-order valence-corrected chi connectivity index (χ0v) is 9.20. The molecular weight excluding hydrogens is 230 g/mol. The molecule has 104 valence electrons. The second kappa shape index (κ2) is 11.8. The Morgan fingerprint density at radius 1 is 1.00 bits per heavy atom. The molecule has 0 aromatic rings. The van der Waals surface area contributed by atoms with Crippen LogP contribution in [-0.4, -0.2) is 76.1 Å². The van der Waals surface area contributed by atoms with Gasteiger partial charge in [0.2, 0.25) is 6.04 Å². The molecule has 0 aliphatic rings.